The van der Waals surface area contributed by atoms with Crippen molar-refractivity contribution in [1.29, 1.82) is 0 Å². The number of Topliss-reactive ketones (excluding diaryl/α,β-unsaturated/α-hetero) is 1. The molecule has 1 rings (SSSR count). The van der Waals surface area contributed by atoms with Gasteiger partial charge in [0, 0.05) is 29.8 Å². The van der Waals surface area contributed by atoms with E-state index in [0.29, 0.717) is 25.0 Å². The van der Waals surface area contributed by atoms with Crippen LogP contribution in [0.15, 0.2) is 12.2 Å². The Morgan fingerprint density at radius 1 is 1.25 bits per heavy atom. The van der Waals surface area contributed by atoms with E-state index in [9.17, 15) is 19.8 Å². The van der Waals surface area contributed by atoms with E-state index in [0.717, 1.165) is 19.3 Å². The highest BCUT2D eigenvalue weighted by Crippen LogP contribution is 2.42. The van der Waals surface area contributed by atoms with Crippen molar-refractivity contribution in [2.24, 2.45) is 11.3 Å². The zero-order valence-electron chi connectivity index (χ0n) is 17.8. The van der Waals surface area contributed by atoms with Crippen molar-refractivity contribution in [2.45, 2.75) is 96.0 Å². The van der Waals surface area contributed by atoms with Crippen LogP contribution in [-0.2, 0) is 9.59 Å². The number of hydrogen-bond donors (Lipinski definition) is 3. The molecule has 0 aromatic rings. The largest absolute Gasteiger partial charge is 0.481 e. The predicted molar refractivity (Wildman–Crippen MR) is 115 cm³/mol. The second kappa shape index (κ2) is 11.4. The maximum Gasteiger partial charge on any atom is 0.303 e. The van der Waals surface area contributed by atoms with Crippen molar-refractivity contribution in [3.63, 3.8) is 0 Å². The van der Waals surface area contributed by atoms with E-state index >= 15 is 0 Å². The Kier molecular flexibility index (Phi) is 10.2. The van der Waals surface area contributed by atoms with Gasteiger partial charge in [0.1, 0.15) is 5.78 Å². The molecule has 0 amide bonds. The van der Waals surface area contributed by atoms with Gasteiger partial charge in [-0.2, -0.15) is 11.8 Å². The van der Waals surface area contributed by atoms with Crippen molar-refractivity contribution in [3.8, 4) is 0 Å². The summed E-state index contributed by atoms with van der Waals surface area (Å²) in [5.74, 6) is -0.486. The Labute approximate surface area is 174 Å². The molecule has 1 aliphatic rings. The number of carboxylic acid groups (broad SMARTS) is 1. The lowest BCUT2D eigenvalue weighted by Gasteiger charge is -2.41. The van der Waals surface area contributed by atoms with Gasteiger partial charge in [-0.1, -0.05) is 45.8 Å². The molecule has 0 saturated heterocycles. The molecule has 0 heterocycles. The van der Waals surface area contributed by atoms with Crippen molar-refractivity contribution in [2.75, 3.05) is 5.75 Å². The van der Waals surface area contributed by atoms with Gasteiger partial charge in [-0.3, -0.25) is 9.59 Å². The minimum atomic E-state index is -0.880. The maximum absolute atomic E-state index is 12.3. The summed E-state index contributed by atoms with van der Waals surface area (Å²) in [5.41, 5.74) is -1.11. The van der Waals surface area contributed by atoms with Crippen LogP contribution in [0.25, 0.3) is 0 Å². The lowest BCUT2D eigenvalue weighted by Crippen LogP contribution is -2.45. The Hall–Kier alpha value is -0.850. The molecule has 0 spiro atoms. The SMILES string of the molecule is CCCCC(C)(C)C(C)(O)CS[C@H]1C(O)CC(=O)[C@@H]1CC=CCCCC(=O)O. The first-order valence-corrected chi connectivity index (χ1v) is 11.5. The minimum Gasteiger partial charge on any atom is -0.481 e. The first-order chi connectivity index (χ1) is 13.0. The molecular formula is C22H38O5S. The summed E-state index contributed by atoms with van der Waals surface area (Å²) in [6, 6.07) is 0. The third-order valence-corrected chi connectivity index (χ3v) is 7.84. The number of allylic oxidation sites excluding steroid dienone is 2. The smallest absolute Gasteiger partial charge is 0.303 e. The molecule has 0 aromatic carbocycles. The third-order valence-electron chi connectivity index (χ3n) is 6.09. The summed E-state index contributed by atoms with van der Waals surface area (Å²) >= 11 is 1.51. The van der Waals surface area contributed by atoms with Crippen LogP contribution in [0.2, 0.25) is 0 Å². The van der Waals surface area contributed by atoms with Crippen molar-refractivity contribution < 1.29 is 24.9 Å². The Morgan fingerprint density at radius 2 is 1.93 bits per heavy atom. The summed E-state index contributed by atoms with van der Waals surface area (Å²) in [7, 11) is 0. The minimum absolute atomic E-state index is 0.0741. The molecule has 1 saturated carbocycles. The van der Waals surface area contributed by atoms with Crippen molar-refractivity contribution in [1.82, 2.24) is 0 Å². The molecular weight excluding hydrogens is 376 g/mol. The monoisotopic (exact) mass is 414 g/mol. The van der Waals surface area contributed by atoms with Crippen LogP contribution in [-0.4, -0.2) is 49.8 Å². The van der Waals surface area contributed by atoms with Crippen molar-refractivity contribution in [3.05, 3.63) is 12.2 Å². The van der Waals surface area contributed by atoms with E-state index in [1.807, 2.05) is 19.1 Å². The second-order valence-corrected chi connectivity index (χ2v) is 10.0. The quantitative estimate of drug-likeness (QED) is 0.309. The van der Waals surface area contributed by atoms with Crippen LogP contribution in [0, 0.1) is 11.3 Å². The number of carbonyl (C=O) groups is 2. The number of rotatable bonds is 13. The maximum atomic E-state index is 12.3. The summed E-state index contributed by atoms with van der Waals surface area (Å²) in [6.07, 6.45) is 8.41. The fourth-order valence-corrected chi connectivity index (χ4v) is 5.21. The lowest BCUT2D eigenvalue weighted by molar-refractivity contribution is -0.137. The highest BCUT2D eigenvalue weighted by Gasteiger charge is 2.44. The van der Waals surface area contributed by atoms with Gasteiger partial charge in [-0.25, -0.2) is 0 Å². The number of hydrogen-bond acceptors (Lipinski definition) is 5. The summed E-state index contributed by atoms with van der Waals surface area (Å²) < 4.78 is 0. The molecule has 0 aliphatic heterocycles. The Balaban J connectivity index is 2.62. The molecule has 1 fully saturated rings. The Morgan fingerprint density at radius 3 is 2.54 bits per heavy atom. The molecule has 0 aromatic heterocycles. The predicted octanol–water partition coefficient (Wildman–Crippen LogP) is 4.21. The van der Waals surface area contributed by atoms with Gasteiger partial charge in [-0.15, -0.1) is 0 Å². The standard InChI is InChI=1S/C22H38O5S/c1-5-6-13-21(2,3)22(4,27)15-28-20-16(17(23)14-18(20)24)11-9-7-8-10-12-19(25)26/h7,9,16,18,20,24,27H,5-6,8,10-15H2,1-4H3,(H,25,26)/t16-,18?,20+,22?/m0/s1. The van der Waals surface area contributed by atoms with E-state index in [1.165, 1.54) is 11.8 Å². The number of thioether (sulfide) groups is 1. The number of aliphatic carboxylic acids is 1. The van der Waals surface area contributed by atoms with Crippen LogP contribution >= 0.6 is 11.8 Å². The first kappa shape index (κ1) is 25.2. The van der Waals surface area contributed by atoms with Gasteiger partial charge in [0.15, 0.2) is 0 Å². The van der Waals surface area contributed by atoms with E-state index < -0.39 is 17.7 Å². The van der Waals surface area contributed by atoms with Crippen LogP contribution in [0.1, 0.15) is 79.1 Å². The van der Waals surface area contributed by atoms with E-state index in [4.69, 9.17) is 5.11 Å². The van der Waals surface area contributed by atoms with Gasteiger partial charge < -0.3 is 15.3 Å². The van der Waals surface area contributed by atoms with Gasteiger partial charge in [0.25, 0.3) is 0 Å². The molecule has 3 N–H and O–H groups in total. The van der Waals surface area contributed by atoms with E-state index in [2.05, 4.69) is 20.8 Å². The molecule has 28 heavy (non-hydrogen) atoms. The summed E-state index contributed by atoms with van der Waals surface area (Å²) in [5, 5.41) is 29.8. The highest BCUT2D eigenvalue weighted by atomic mass is 32.2. The number of ketones is 1. The van der Waals surface area contributed by atoms with Crippen LogP contribution in [0.5, 0.6) is 0 Å². The van der Waals surface area contributed by atoms with Crippen LogP contribution in [0.4, 0.5) is 0 Å². The highest BCUT2D eigenvalue weighted by molar-refractivity contribution is 8.00. The van der Waals surface area contributed by atoms with E-state index in [1.54, 1.807) is 0 Å². The molecule has 5 nitrogen and oxygen atoms in total. The number of aliphatic hydroxyl groups excluding tert-OH is 1. The summed E-state index contributed by atoms with van der Waals surface area (Å²) in [6.45, 7) is 8.16. The molecule has 4 atom stereocenters. The molecule has 0 radical (unpaired) electrons. The normalized spacial score (nSPS) is 25.4. The zero-order chi connectivity index (χ0) is 21.4. The average Bonchev–Trinajstić information content (AvgIpc) is 2.87. The molecule has 162 valence electrons. The number of aliphatic hydroxyl groups is 2. The lowest BCUT2D eigenvalue weighted by atomic mass is 9.73. The van der Waals surface area contributed by atoms with Crippen molar-refractivity contribution >= 4 is 23.5 Å². The average molecular weight is 415 g/mol. The summed E-state index contributed by atoms with van der Waals surface area (Å²) in [4.78, 5) is 22.8. The number of carbonyl (C=O) groups excluding carboxylic acids is 1. The van der Waals surface area contributed by atoms with Crippen LogP contribution in [0.3, 0.4) is 0 Å². The van der Waals surface area contributed by atoms with E-state index in [-0.39, 0.29) is 35.2 Å². The van der Waals surface area contributed by atoms with Gasteiger partial charge in [0.05, 0.1) is 11.7 Å². The fourth-order valence-electron chi connectivity index (χ4n) is 3.49. The number of unbranched alkanes of at least 4 members (excludes halogenated alkanes) is 2. The molecule has 6 heteroatoms. The van der Waals surface area contributed by atoms with Gasteiger partial charge >= 0.3 is 5.97 Å². The van der Waals surface area contributed by atoms with Gasteiger partial charge in [-0.05, 0) is 38.0 Å². The number of carboxylic acids is 1. The van der Waals surface area contributed by atoms with Crippen LogP contribution < -0.4 is 0 Å². The molecule has 2 unspecified atom stereocenters. The molecule has 0 bridgehead atoms. The second-order valence-electron chi connectivity index (χ2n) is 8.87. The first-order valence-electron chi connectivity index (χ1n) is 10.4. The van der Waals surface area contributed by atoms with Gasteiger partial charge in [0.2, 0.25) is 0 Å². The topological polar surface area (TPSA) is 94.8 Å². The third kappa shape index (κ3) is 7.53. The molecule has 1 aliphatic carbocycles. The Bertz CT molecular complexity index is 541. The fraction of sp³-hybridized carbons (Fsp3) is 0.818. The zero-order valence-corrected chi connectivity index (χ0v) is 18.6.